The molecule has 0 aromatic heterocycles. The first-order chi connectivity index (χ1) is 13.4. The molecule has 3 nitrogen and oxygen atoms in total. The number of likely N-dealkylation sites (N-methyl/N-ethyl adjacent to an activating group) is 1. The van der Waals surface area contributed by atoms with Crippen molar-refractivity contribution in [1.29, 1.82) is 0 Å². The van der Waals surface area contributed by atoms with Crippen molar-refractivity contribution in [2.45, 2.75) is 85.2 Å². The van der Waals surface area contributed by atoms with E-state index in [0.29, 0.717) is 23.2 Å². The van der Waals surface area contributed by atoms with Gasteiger partial charge in [0.2, 0.25) is 0 Å². The summed E-state index contributed by atoms with van der Waals surface area (Å²) < 4.78 is 6.32. The molecule has 4 aliphatic carbocycles. The van der Waals surface area contributed by atoms with Gasteiger partial charge in [0.05, 0.1) is 12.7 Å². The molecule has 0 N–H and O–H groups in total. The summed E-state index contributed by atoms with van der Waals surface area (Å²) >= 11 is 0. The Morgan fingerprint density at radius 3 is 2.48 bits per heavy atom. The van der Waals surface area contributed by atoms with Gasteiger partial charge in [-0.25, -0.2) is 0 Å². The molecular formula is C25H42ClNO2. The molecule has 4 aliphatic rings. The molecule has 3 fully saturated rings. The molecule has 6 atom stereocenters. The van der Waals surface area contributed by atoms with Crippen molar-refractivity contribution in [3.05, 3.63) is 11.6 Å². The first-order valence-corrected chi connectivity index (χ1v) is 12.0. The first-order valence-electron chi connectivity index (χ1n) is 12.0. The number of rotatable bonds is 6. The fourth-order valence-corrected chi connectivity index (χ4v) is 7.43. The maximum absolute atomic E-state index is 12.6. The average Bonchev–Trinajstić information content (AvgIpc) is 3.00. The Kier molecular flexibility index (Phi) is 7.23. The summed E-state index contributed by atoms with van der Waals surface area (Å²) in [5, 5.41) is 0. The summed E-state index contributed by atoms with van der Waals surface area (Å²) in [5.74, 6) is 2.71. The lowest BCUT2D eigenvalue weighted by Crippen LogP contribution is -2.50. The van der Waals surface area contributed by atoms with E-state index < -0.39 is 0 Å². The number of ether oxygens (including phenoxy) is 1. The number of carbonyl (C=O) groups is 1. The second-order valence-electron chi connectivity index (χ2n) is 10.4. The Hall–Kier alpha value is -0.380. The first kappa shape index (κ1) is 23.3. The van der Waals surface area contributed by atoms with E-state index in [-0.39, 0.29) is 17.8 Å². The molecule has 0 aromatic carbocycles. The maximum Gasteiger partial charge on any atom is 0.139 e. The lowest BCUT2D eigenvalue weighted by molar-refractivity contribution is -0.132. The zero-order valence-electron chi connectivity index (χ0n) is 19.0. The summed E-state index contributed by atoms with van der Waals surface area (Å²) in [6.07, 6.45) is 12.2. The van der Waals surface area contributed by atoms with Crippen molar-refractivity contribution in [2.24, 2.45) is 28.6 Å². The van der Waals surface area contributed by atoms with E-state index in [1.54, 1.807) is 5.57 Å². The van der Waals surface area contributed by atoms with Crippen LogP contribution in [0, 0.1) is 28.6 Å². The van der Waals surface area contributed by atoms with Gasteiger partial charge >= 0.3 is 0 Å². The van der Waals surface area contributed by atoms with E-state index in [9.17, 15) is 4.79 Å². The minimum atomic E-state index is -0.00634. The van der Waals surface area contributed by atoms with Gasteiger partial charge in [-0.3, -0.25) is 4.79 Å². The number of fused-ring (bicyclic) bond motifs is 5. The Morgan fingerprint density at radius 1 is 1.07 bits per heavy atom. The van der Waals surface area contributed by atoms with Crippen LogP contribution >= 0.6 is 12.4 Å². The van der Waals surface area contributed by atoms with E-state index >= 15 is 0 Å². The Balaban J connectivity index is 0.00000240. The lowest BCUT2D eigenvalue weighted by Gasteiger charge is -2.57. The van der Waals surface area contributed by atoms with Gasteiger partial charge < -0.3 is 9.64 Å². The van der Waals surface area contributed by atoms with Crippen LogP contribution in [0.4, 0.5) is 0 Å². The smallest absolute Gasteiger partial charge is 0.139 e. The van der Waals surface area contributed by atoms with Crippen molar-refractivity contribution in [3.63, 3.8) is 0 Å². The summed E-state index contributed by atoms with van der Waals surface area (Å²) in [6, 6.07) is 0. The molecule has 3 saturated carbocycles. The molecule has 0 heterocycles. The molecule has 0 aliphatic heterocycles. The molecule has 0 radical (unpaired) electrons. The largest absolute Gasteiger partial charge is 0.377 e. The van der Waals surface area contributed by atoms with Gasteiger partial charge in [0.1, 0.15) is 5.78 Å². The van der Waals surface area contributed by atoms with E-state index in [2.05, 4.69) is 38.7 Å². The van der Waals surface area contributed by atoms with Crippen LogP contribution in [0.2, 0.25) is 0 Å². The molecule has 0 spiro atoms. The number of carbonyl (C=O) groups excluding carboxylic acids is 1. The van der Waals surface area contributed by atoms with Gasteiger partial charge in [-0.15, -0.1) is 12.4 Å². The summed E-state index contributed by atoms with van der Waals surface area (Å²) in [4.78, 5) is 15.0. The Bertz CT molecular complexity index is 630. The zero-order valence-corrected chi connectivity index (χ0v) is 19.9. The highest BCUT2D eigenvalue weighted by Crippen LogP contribution is 2.64. The van der Waals surface area contributed by atoms with Crippen molar-refractivity contribution < 1.29 is 9.53 Å². The number of allylic oxidation sites excluding steroid dienone is 1. The molecule has 0 saturated heterocycles. The third kappa shape index (κ3) is 3.96. The molecule has 0 amide bonds. The number of Topliss-reactive ketones (excluding diaryl/α,β-unsaturated/α-hetero) is 1. The summed E-state index contributed by atoms with van der Waals surface area (Å²) in [7, 11) is 0. The highest BCUT2D eigenvalue weighted by atomic mass is 35.5. The van der Waals surface area contributed by atoms with Crippen molar-refractivity contribution in [2.75, 3.05) is 26.2 Å². The number of ketones is 1. The van der Waals surface area contributed by atoms with Crippen molar-refractivity contribution >= 4 is 18.2 Å². The SMILES string of the molecule is CCN(CC)CCO[C@H]1CC[C@@]2(C)C(=CCC3C2CC[C@]2(C)C(=O)CCC32)C1.Cl. The minimum absolute atomic E-state index is 0. The molecule has 3 unspecified atom stereocenters. The predicted octanol–water partition coefficient (Wildman–Crippen LogP) is 5.67. The fraction of sp³-hybridized carbons (Fsp3) is 0.880. The third-order valence-corrected chi connectivity index (χ3v) is 9.42. The Morgan fingerprint density at radius 2 is 1.76 bits per heavy atom. The van der Waals surface area contributed by atoms with Gasteiger partial charge in [0, 0.05) is 18.4 Å². The van der Waals surface area contributed by atoms with Crippen LogP contribution in [-0.2, 0) is 9.53 Å². The Labute approximate surface area is 184 Å². The van der Waals surface area contributed by atoms with Crippen LogP contribution in [-0.4, -0.2) is 43.0 Å². The molecular weight excluding hydrogens is 382 g/mol. The highest BCUT2D eigenvalue weighted by molar-refractivity contribution is 5.87. The monoisotopic (exact) mass is 423 g/mol. The number of nitrogens with zero attached hydrogens (tertiary/aromatic N) is 1. The maximum atomic E-state index is 12.6. The van der Waals surface area contributed by atoms with E-state index in [0.717, 1.165) is 63.8 Å². The van der Waals surface area contributed by atoms with Crippen molar-refractivity contribution in [1.82, 2.24) is 4.90 Å². The quantitative estimate of drug-likeness (QED) is 0.515. The van der Waals surface area contributed by atoms with Crippen LogP contribution in [0.3, 0.4) is 0 Å². The standard InChI is InChI=1S/C25H41NO2.ClH/c1-5-26(6-2)15-16-28-19-11-13-24(3)18(17-19)7-8-20-21-9-10-23(27)25(21,4)14-12-22(20)24;/h7,19-22H,5-6,8-17H2,1-4H3;1H/t19-,20?,21?,22?,24-,25-;/m0./s1. The highest BCUT2D eigenvalue weighted by Gasteiger charge is 2.58. The summed E-state index contributed by atoms with van der Waals surface area (Å²) in [6.45, 7) is 13.4. The van der Waals surface area contributed by atoms with Gasteiger partial charge in [-0.1, -0.05) is 39.3 Å². The normalized spacial score (nSPS) is 41.3. The van der Waals surface area contributed by atoms with Gasteiger partial charge in [-0.05, 0) is 81.2 Å². The molecule has 0 aromatic rings. The average molecular weight is 424 g/mol. The zero-order chi connectivity index (χ0) is 19.9. The third-order valence-electron chi connectivity index (χ3n) is 9.42. The topological polar surface area (TPSA) is 29.5 Å². The van der Waals surface area contributed by atoms with E-state index in [4.69, 9.17) is 4.74 Å². The molecule has 29 heavy (non-hydrogen) atoms. The van der Waals surface area contributed by atoms with Crippen LogP contribution < -0.4 is 0 Å². The van der Waals surface area contributed by atoms with Crippen LogP contribution in [0.1, 0.15) is 79.1 Å². The molecule has 4 rings (SSSR count). The van der Waals surface area contributed by atoms with Crippen molar-refractivity contribution in [3.8, 4) is 0 Å². The van der Waals surface area contributed by atoms with Gasteiger partial charge in [0.15, 0.2) is 0 Å². The molecule has 4 heteroatoms. The summed E-state index contributed by atoms with van der Waals surface area (Å²) in [5.41, 5.74) is 2.03. The lowest BCUT2D eigenvalue weighted by atomic mass is 9.48. The number of hydrogen-bond donors (Lipinski definition) is 0. The van der Waals surface area contributed by atoms with Gasteiger partial charge in [0.25, 0.3) is 0 Å². The van der Waals surface area contributed by atoms with Crippen LogP contribution in [0.5, 0.6) is 0 Å². The van der Waals surface area contributed by atoms with E-state index in [1.807, 2.05) is 0 Å². The van der Waals surface area contributed by atoms with Crippen LogP contribution in [0.25, 0.3) is 0 Å². The molecule has 166 valence electrons. The fourth-order valence-electron chi connectivity index (χ4n) is 7.43. The predicted molar refractivity (Wildman–Crippen MR) is 121 cm³/mol. The minimum Gasteiger partial charge on any atom is -0.377 e. The number of halogens is 1. The number of hydrogen-bond acceptors (Lipinski definition) is 3. The van der Waals surface area contributed by atoms with Crippen LogP contribution in [0.15, 0.2) is 11.6 Å². The second-order valence-corrected chi connectivity index (χ2v) is 10.4. The molecule has 0 bridgehead atoms. The van der Waals surface area contributed by atoms with Gasteiger partial charge in [-0.2, -0.15) is 0 Å². The van der Waals surface area contributed by atoms with E-state index in [1.165, 1.54) is 25.7 Å². The second kappa shape index (κ2) is 9.01.